The van der Waals surface area contributed by atoms with Crippen molar-refractivity contribution < 1.29 is 17.8 Å². The first-order valence-electron chi connectivity index (χ1n) is 15.8. The number of benzene rings is 2. The van der Waals surface area contributed by atoms with Crippen LogP contribution in [-0.4, -0.2) is 9.55 Å². The van der Waals surface area contributed by atoms with Crippen LogP contribution in [0.5, 0.6) is 0 Å². The summed E-state index contributed by atoms with van der Waals surface area (Å²) >= 11 is 0. The lowest BCUT2D eigenvalue weighted by Crippen LogP contribution is -2.42. The van der Waals surface area contributed by atoms with E-state index >= 15 is 0 Å². The Bertz CT molecular complexity index is 1630. The van der Waals surface area contributed by atoms with E-state index in [0.29, 0.717) is 5.52 Å². The van der Waals surface area contributed by atoms with Crippen molar-refractivity contribution in [2.75, 3.05) is 5.32 Å². The van der Waals surface area contributed by atoms with Gasteiger partial charge < -0.3 is 9.88 Å². The van der Waals surface area contributed by atoms with Gasteiger partial charge in [-0.2, -0.15) is 0 Å². The Hall–Kier alpha value is -2.29. The molecule has 2 heterocycles. The van der Waals surface area contributed by atoms with Crippen molar-refractivity contribution in [2.24, 2.45) is 5.41 Å². The van der Waals surface area contributed by atoms with Crippen LogP contribution in [0.3, 0.4) is 0 Å². The summed E-state index contributed by atoms with van der Waals surface area (Å²) in [5.41, 5.74) is -6.49. The summed E-state index contributed by atoms with van der Waals surface area (Å²) in [5.74, 6) is 0.194. The number of imidazole rings is 1. The maximum Gasteiger partial charge on any atom is 0.145 e. The number of nitrogens with zero attached hydrogens (tertiary/aromatic N) is 2. The molecule has 3 nitrogen and oxygen atoms in total. The zero-order valence-corrected chi connectivity index (χ0v) is 16.5. The lowest BCUT2D eigenvalue weighted by Gasteiger charge is -2.44. The number of rotatable bonds is 0. The Morgan fingerprint density at radius 3 is 2.39 bits per heavy atom. The van der Waals surface area contributed by atoms with Gasteiger partial charge in [0.2, 0.25) is 0 Å². The molecule has 146 valence electrons. The SMILES string of the molecule is [2H]c1c([2H])c([2H])c2c(c1[2H])NC(C)(C)n1c-2nc2cc3c(cc21)C(C)(C)C(C)(C([2H])([2H])[2H])C3(C([2H])([2H])[2H])C([2H])([2H])[2H]. The maximum absolute atomic E-state index is 8.59. The molecule has 1 N–H and O–H groups in total. The third kappa shape index (κ3) is 1.83. The second-order valence-electron chi connectivity index (χ2n) is 9.09. The molecule has 0 fully saturated rings. The molecule has 2 aromatic carbocycles. The van der Waals surface area contributed by atoms with Crippen LogP contribution in [-0.2, 0) is 16.5 Å². The topological polar surface area (TPSA) is 29.9 Å². The van der Waals surface area contributed by atoms with Crippen LogP contribution < -0.4 is 5.32 Å². The van der Waals surface area contributed by atoms with Gasteiger partial charge in [0.1, 0.15) is 11.5 Å². The van der Waals surface area contributed by atoms with Crippen molar-refractivity contribution in [1.82, 2.24) is 9.55 Å². The van der Waals surface area contributed by atoms with E-state index < -0.39 is 54.5 Å². The average molecular weight is 387 g/mol. The van der Waals surface area contributed by atoms with Gasteiger partial charge in [0.25, 0.3) is 0 Å². The zero-order valence-electron chi connectivity index (χ0n) is 29.5. The Morgan fingerprint density at radius 2 is 1.68 bits per heavy atom. The minimum absolute atomic E-state index is 0.121. The summed E-state index contributed by atoms with van der Waals surface area (Å²) in [6.45, 7) is -1.60. The number of nitrogens with one attached hydrogen (secondary N) is 1. The molecule has 1 aromatic heterocycles. The number of para-hydroxylation sites is 1. The van der Waals surface area contributed by atoms with Crippen LogP contribution in [0.25, 0.3) is 22.4 Å². The van der Waals surface area contributed by atoms with E-state index in [1.165, 1.54) is 13.0 Å². The fraction of sp³-hybridized carbons (Fsp3) is 0.480. The molecule has 3 aromatic rings. The summed E-state index contributed by atoms with van der Waals surface area (Å²) in [7, 11) is 0. The van der Waals surface area contributed by atoms with E-state index in [0.717, 1.165) is 0 Å². The minimum atomic E-state index is -3.26. The normalized spacial score (nSPS) is 33.8. The summed E-state index contributed by atoms with van der Waals surface area (Å²) in [5, 5.41) is 3.18. The highest BCUT2D eigenvalue weighted by Gasteiger charge is 2.57. The van der Waals surface area contributed by atoms with Gasteiger partial charge in [0, 0.05) is 23.6 Å². The third-order valence-corrected chi connectivity index (χ3v) is 6.77. The molecule has 1 aliphatic heterocycles. The van der Waals surface area contributed by atoms with Gasteiger partial charge in [0.15, 0.2) is 0 Å². The molecular formula is C25H31N3. The van der Waals surface area contributed by atoms with Crippen molar-refractivity contribution in [1.29, 1.82) is 0 Å². The van der Waals surface area contributed by atoms with E-state index in [1.54, 1.807) is 38.3 Å². The fourth-order valence-electron chi connectivity index (χ4n) is 4.63. The second kappa shape index (κ2) is 4.82. The molecule has 0 amide bonds. The van der Waals surface area contributed by atoms with Crippen LogP contribution in [0.2, 0.25) is 0 Å². The summed E-state index contributed by atoms with van der Waals surface area (Å²) in [4.78, 5) is 4.69. The minimum Gasteiger partial charge on any atom is -0.362 e. The van der Waals surface area contributed by atoms with Crippen LogP contribution in [0, 0.1) is 5.41 Å². The largest absolute Gasteiger partial charge is 0.362 e. The highest BCUT2D eigenvalue weighted by atomic mass is 15.3. The van der Waals surface area contributed by atoms with Crippen molar-refractivity contribution >= 4 is 16.7 Å². The molecule has 0 spiro atoms. The Kier molecular flexibility index (Phi) is 1.48. The predicted octanol–water partition coefficient (Wildman–Crippen LogP) is 6.42. The zero-order chi connectivity index (χ0) is 31.3. The van der Waals surface area contributed by atoms with Crippen LogP contribution >= 0.6 is 0 Å². The monoisotopic (exact) mass is 386 g/mol. The summed E-state index contributed by atoms with van der Waals surface area (Å²) in [6.07, 6.45) is 0. The van der Waals surface area contributed by atoms with Crippen molar-refractivity contribution in [3.8, 4) is 11.4 Å². The lowest BCUT2D eigenvalue weighted by molar-refractivity contribution is 0.125. The number of fused-ring (bicyclic) bond motifs is 6. The molecule has 1 atom stereocenters. The molecule has 0 bridgehead atoms. The van der Waals surface area contributed by atoms with E-state index in [4.69, 9.17) is 22.8 Å². The van der Waals surface area contributed by atoms with Gasteiger partial charge in [-0.05, 0) is 65.4 Å². The summed E-state index contributed by atoms with van der Waals surface area (Å²) in [6, 6.07) is 1.51. The standard InChI is InChI=1S/C25H31N3/c1-22(2)16-13-19-20(14-17(16)23(3,4)24(22,5)6)28-21(26-19)15-11-9-10-12-18(15)27-25(28,7)8/h9-14,27H,1-8H3/i1D3,2D3,5D3,9D,10D,11D,12D. The van der Waals surface area contributed by atoms with Crippen molar-refractivity contribution in [3.63, 3.8) is 0 Å². The molecular weight excluding hydrogens is 342 g/mol. The number of aromatic nitrogens is 2. The highest BCUT2D eigenvalue weighted by molar-refractivity contribution is 5.88. The average Bonchev–Trinajstić information content (AvgIpc) is 3.24. The van der Waals surface area contributed by atoms with Crippen LogP contribution in [0.1, 0.15) is 84.1 Å². The van der Waals surface area contributed by atoms with Crippen LogP contribution in [0.4, 0.5) is 5.69 Å². The smallest absolute Gasteiger partial charge is 0.145 e. The molecule has 1 aliphatic carbocycles. The second-order valence-corrected chi connectivity index (χ2v) is 9.09. The Morgan fingerprint density at radius 1 is 0.964 bits per heavy atom. The van der Waals surface area contributed by atoms with Crippen LogP contribution in [0.15, 0.2) is 36.3 Å². The van der Waals surface area contributed by atoms with Gasteiger partial charge in [0.05, 0.1) is 16.5 Å². The summed E-state index contributed by atoms with van der Waals surface area (Å²) < 4.78 is 112. The van der Waals surface area contributed by atoms with Crippen molar-refractivity contribution in [3.05, 3.63) is 47.4 Å². The van der Waals surface area contributed by atoms with Gasteiger partial charge in [-0.3, -0.25) is 0 Å². The number of hydrogen-bond donors (Lipinski definition) is 1. The Labute approximate surface area is 186 Å². The lowest BCUT2D eigenvalue weighted by atomic mass is 9.59. The molecule has 1 unspecified atom stereocenters. The molecule has 0 saturated carbocycles. The predicted molar refractivity (Wildman–Crippen MR) is 118 cm³/mol. The number of anilines is 1. The molecule has 2 aliphatic rings. The molecule has 28 heavy (non-hydrogen) atoms. The first-order chi connectivity index (χ1) is 18.3. The Balaban J connectivity index is 2.00. The van der Waals surface area contributed by atoms with Gasteiger partial charge >= 0.3 is 0 Å². The first kappa shape index (κ1) is 8.61. The van der Waals surface area contributed by atoms with Crippen molar-refractivity contribution in [2.45, 2.75) is 71.7 Å². The van der Waals surface area contributed by atoms with E-state index in [1.807, 2.05) is 0 Å². The highest BCUT2D eigenvalue weighted by Crippen LogP contribution is 2.62. The molecule has 5 rings (SSSR count). The molecule has 3 heteroatoms. The molecule has 0 radical (unpaired) electrons. The van der Waals surface area contributed by atoms with Gasteiger partial charge in [-0.15, -0.1) is 0 Å². The maximum atomic E-state index is 8.59. The fourth-order valence-corrected chi connectivity index (χ4v) is 4.63. The van der Waals surface area contributed by atoms with Gasteiger partial charge in [-0.25, -0.2) is 4.98 Å². The molecule has 0 saturated heterocycles. The van der Waals surface area contributed by atoms with Gasteiger partial charge in [-0.1, -0.05) is 53.4 Å². The quantitative estimate of drug-likeness (QED) is 0.483. The van der Waals surface area contributed by atoms with E-state index in [9.17, 15) is 0 Å². The van der Waals surface area contributed by atoms with E-state index in [2.05, 4.69) is 5.32 Å². The first-order valence-corrected chi connectivity index (χ1v) is 9.27. The third-order valence-electron chi connectivity index (χ3n) is 6.77. The number of hydrogen-bond acceptors (Lipinski definition) is 2. The van der Waals surface area contributed by atoms with E-state index in [-0.39, 0.29) is 45.8 Å².